The third kappa shape index (κ3) is 2.13. The van der Waals surface area contributed by atoms with E-state index in [1.165, 1.54) is 5.57 Å². The average Bonchev–Trinajstić information content (AvgIpc) is 3.07. The second kappa shape index (κ2) is 5.69. The number of esters is 1. The van der Waals surface area contributed by atoms with Crippen molar-refractivity contribution in [2.75, 3.05) is 12.9 Å². The molecule has 0 N–H and O–H groups in total. The minimum Gasteiger partial charge on any atom is -0.458 e. The van der Waals surface area contributed by atoms with Crippen molar-refractivity contribution in [2.24, 2.45) is 34.0 Å². The highest BCUT2D eigenvalue weighted by Crippen LogP contribution is 2.73. The van der Waals surface area contributed by atoms with Crippen LogP contribution in [0.1, 0.15) is 58.8 Å². The standard InChI is InChI=1S/C22H28O3S2/c1-20-7-6-15-21(2)8-4-12-13(10-25-18(12)24)14(21)5-9-22(15,11-20)16(17(20)23)19(26)27-3/h14-16H,4-11H2,1-3H3/t14-,15+,16+,20+,21-,22+/m1/s1. The zero-order valence-corrected chi connectivity index (χ0v) is 18.1. The van der Waals surface area contributed by atoms with E-state index in [0.29, 0.717) is 24.2 Å². The second-order valence-electron chi connectivity index (χ2n) is 10.1. The Morgan fingerprint density at radius 1 is 1.19 bits per heavy atom. The highest BCUT2D eigenvalue weighted by atomic mass is 32.2. The lowest BCUT2D eigenvalue weighted by molar-refractivity contribution is -0.136. The normalized spacial score (nSPS) is 48.0. The fourth-order valence-electron chi connectivity index (χ4n) is 7.99. The number of carbonyl (C=O) groups is 2. The number of ketones is 1. The Hall–Kier alpha value is -0.680. The first-order valence-electron chi connectivity index (χ1n) is 10.3. The van der Waals surface area contributed by atoms with E-state index in [1.807, 2.05) is 6.26 Å². The van der Waals surface area contributed by atoms with Crippen LogP contribution in [0.4, 0.5) is 0 Å². The van der Waals surface area contributed by atoms with Crippen LogP contribution in [0.3, 0.4) is 0 Å². The number of carbonyl (C=O) groups excluding carboxylic acids is 2. The molecule has 3 saturated carbocycles. The lowest BCUT2D eigenvalue weighted by Crippen LogP contribution is -2.55. The van der Waals surface area contributed by atoms with Crippen LogP contribution in [0.15, 0.2) is 11.1 Å². The quantitative estimate of drug-likeness (QED) is 0.467. The summed E-state index contributed by atoms with van der Waals surface area (Å²) in [6, 6.07) is 0. The van der Waals surface area contributed by atoms with Crippen molar-refractivity contribution < 1.29 is 14.3 Å². The molecule has 27 heavy (non-hydrogen) atoms. The van der Waals surface area contributed by atoms with Crippen molar-refractivity contribution in [2.45, 2.75) is 58.8 Å². The van der Waals surface area contributed by atoms with E-state index in [-0.39, 0.29) is 28.1 Å². The molecular weight excluding hydrogens is 376 g/mol. The van der Waals surface area contributed by atoms with Crippen LogP contribution >= 0.6 is 24.0 Å². The van der Waals surface area contributed by atoms with E-state index >= 15 is 0 Å². The average molecular weight is 405 g/mol. The van der Waals surface area contributed by atoms with E-state index in [9.17, 15) is 9.59 Å². The molecular formula is C22H28O3S2. The third-order valence-electron chi connectivity index (χ3n) is 9.08. The monoisotopic (exact) mass is 404 g/mol. The summed E-state index contributed by atoms with van der Waals surface area (Å²) in [7, 11) is 0. The summed E-state index contributed by atoms with van der Waals surface area (Å²) in [6.07, 6.45) is 9.18. The van der Waals surface area contributed by atoms with E-state index in [2.05, 4.69) is 13.8 Å². The minimum absolute atomic E-state index is 0.0387. The molecule has 1 aliphatic heterocycles. The number of cyclic esters (lactones) is 1. The van der Waals surface area contributed by atoms with Gasteiger partial charge in [-0.05, 0) is 79.4 Å². The van der Waals surface area contributed by atoms with Crippen molar-refractivity contribution in [3.8, 4) is 0 Å². The molecule has 0 unspecified atom stereocenters. The Bertz CT molecular complexity index is 801. The number of Topliss-reactive ketones (excluding diaryl/α,β-unsaturated/α-hetero) is 1. The highest BCUT2D eigenvalue weighted by Gasteiger charge is 2.70. The topological polar surface area (TPSA) is 43.4 Å². The van der Waals surface area contributed by atoms with Gasteiger partial charge in [-0.25, -0.2) is 4.79 Å². The first kappa shape index (κ1) is 18.4. The Morgan fingerprint density at radius 3 is 2.70 bits per heavy atom. The molecule has 0 aromatic carbocycles. The molecule has 4 aliphatic carbocycles. The molecule has 5 aliphatic rings. The smallest absolute Gasteiger partial charge is 0.334 e. The number of thiocarbonyl (C=S) groups is 1. The van der Waals surface area contributed by atoms with Gasteiger partial charge in [0, 0.05) is 11.0 Å². The molecule has 146 valence electrons. The summed E-state index contributed by atoms with van der Waals surface area (Å²) >= 11 is 7.37. The first-order valence-corrected chi connectivity index (χ1v) is 11.9. The van der Waals surface area contributed by atoms with Crippen LogP contribution in [-0.4, -0.2) is 28.8 Å². The number of rotatable bonds is 1. The molecule has 1 heterocycles. The van der Waals surface area contributed by atoms with Crippen molar-refractivity contribution in [1.82, 2.24) is 0 Å². The Labute approximate surface area is 171 Å². The van der Waals surface area contributed by atoms with E-state index in [4.69, 9.17) is 17.0 Å². The molecule has 5 heteroatoms. The van der Waals surface area contributed by atoms with Crippen LogP contribution in [0, 0.1) is 34.0 Å². The minimum atomic E-state index is -0.185. The molecule has 1 spiro atoms. The molecule has 0 amide bonds. The van der Waals surface area contributed by atoms with Gasteiger partial charge >= 0.3 is 5.97 Å². The van der Waals surface area contributed by atoms with Crippen molar-refractivity contribution in [1.29, 1.82) is 0 Å². The first-order chi connectivity index (χ1) is 12.8. The summed E-state index contributed by atoms with van der Waals surface area (Å²) in [5.74, 6) is 1.23. The third-order valence-corrected chi connectivity index (χ3v) is 10.5. The Kier molecular flexibility index (Phi) is 3.87. The van der Waals surface area contributed by atoms with Crippen LogP contribution in [0.25, 0.3) is 0 Å². The molecule has 0 radical (unpaired) electrons. The van der Waals surface area contributed by atoms with Gasteiger partial charge in [-0.1, -0.05) is 26.1 Å². The van der Waals surface area contributed by atoms with E-state index in [1.54, 1.807) is 11.8 Å². The lowest BCUT2D eigenvalue weighted by atomic mass is 9.42. The number of ether oxygens (including phenoxy) is 1. The van der Waals surface area contributed by atoms with Gasteiger partial charge in [-0.3, -0.25) is 4.79 Å². The maximum Gasteiger partial charge on any atom is 0.334 e. The predicted molar refractivity (Wildman–Crippen MR) is 111 cm³/mol. The molecule has 3 fully saturated rings. The molecule has 0 saturated heterocycles. The van der Waals surface area contributed by atoms with Crippen molar-refractivity contribution in [3.05, 3.63) is 11.1 Å². The van der Waals surface area contributed by atoms with Crippen LogP contribution in [0.2, 0.25) is 0 Å². The summed E-state index contributed by atoms with van der Waals surface area (Å²) in [4.78, 5) is 25.6. The maximum absolute atomic E-state index is 13.5. The van der Waals surface area contributed by atoms with Gasteiger partial charge in [0.25, 0.3) is 0 Å². The molecule has 2 bridgehead atoms. The van der Waals surface area contributed by atoms with Crippen LogP contribution in [0.5, 0.6) is 0 Å². The fraction of sp³-hybridized carbons (Fsp3) is 0.773. The second-order valence-corrected chi connectivity index (χ2v) is 11.6. The highest BCUT2D eigenvalue weighted by molar-refractivity contribution is 8.22. The SMILES string of the molecule is CSC(=S)[C@@H]1C(=O)[C@@]2(C)CC[C@H]3[C@]4(C)CCC5=C(COC5=O)[C@H]4CC[C@@]13C2. The number of hydrogen-bond donors (Lipinski definition) is 0. The summed E-state index contributed by atoms with van der Waals surface area (Å²) in [6.45, 7) is 5.13. The molecule has 0 aromatic heterocycles. The van der Waals surface area contributed by atoms with E-state index in [0.717, 1.165) is 54.7 Å². The van der Waals surface area contributed by atoms with Crippen LogP contribution in [-0.2, 0) is 14.3 Å². The molecule has 6 atom stereocenters. The van der Waals surface area contributed by atoms with Gasteiger partial charge in [-0.15, -0.1) is 11.8 Å². The van der Waals surface area contributed by atoms with E-state index < -0.39 is 0 Å². The van der Waals surface area contributed by atoms with Gasteiger partial charge in [0.2, 0.25) is 0 Å². The largest absolute Gasteiger partial charge is 0.458 e. The fourth-order valence-corrected chi connectivity index (χ4v) is 8.91. The molecule has 5 rings (SSSR count). The van der Waals surface area contributed by atoms with Gasteiger partial charge in [0.1, 0.15) is 12.4 Å². The summed E-state index contributed by atoms with van der Waals surface area (Å²) in [5.41, 5.74) is 2.26. The van der Waals surface area contributed by atoms with Gasteiger partial charge in [0.05, 0.1) is 10.1 Å². The van der Waals surface area contributed by atoms with Gasteiger partial charge in [-0.2, -0.15) is 0 Å². The molecule has 3 nitrogen and oxygen atoms in total. The number of hydrogen-bond acceptors (Lipinski definition) is 5. The summed E-state index contributed by atoms with van der Waals surface area (Å²) in [5, 5.41) is 0. The zero-order chi connectivity index (χ0) is 19.2. The predicted octanol–water partition coefficient (Wildman–Crippen LogP) is 4.73. The number of fused-ring (bicyclic) bond motifs is 4. The van der Waals surface area contributed by atoms with Gasteiger partial charge in [0.15, 0.2) is 0 Å². The van der Waals surface area contributed by atoms with Gasteiger partial charge < -0.3 is 4.74 Å². The maximum atomic E-state index is 13.5. The van der Waals surface area contributed by atoms with Crippen LogP contribution < -0.4 is 0 Å². The number of thioether (sulfide) groups is 1. The Balaban J connectivity index is 1.61. The Morgan fingerprint density at radius 2 is 1.96 bits per heavy atom. The lowest BCUT2D eigenvalue weighted by Gasteiger charge is -2.61. The van der Waals surface area contributed by atoms with Crippen molar-refractivity contribution >= 4 is 39.9 Å². The molecule has 0 aromatic rings. The van der Waals surface area contributed by atoms with Crippen molar-refractivity contribution in [3.63, 3.8) is 0 Å². The summed E-state index contributed by atoms with van der Waals surface area (Å²) < 4.78 is 6.32. The zero-order valence-electron chi connectivity index (χ0n) is 16.4.